The largest absolute Gasteiger partial charge is 0.471 e. The second kappa shape index (κ2) is 9.59. The van der Waals surface area contributed by atoms with Gasteiger partial charge in [0.2, 0.25) is 0 Å². The van der Waals surface area contributed by atoms with E-state index >= 15 is 0 Å². The lowest BCUT2D eigenvalue weighted by Gasteiger charge is -2.34. The molecule has 30 heavy (non-hydrogen) atoms. The Bertz CT molecular complexity index is 945. The number of ether oxygens (including phenoxy) is 1. The average molecular weight is 405 g/mol. The first-order valence-corrected chi connectivity index (χ1v) is 10.6. The maximum absolute atomic E-state index is 12.7. The number of nitrogens with zero attached hydrogens (tertiary/aromatic N) is 4. The molecule has 0 unspecified atom stereocenters. The molecule has 2 aromatic carbocycles. The SMILES string of the molecule is CCCN1CCN(C(=O)c2ccn(COc3ccc(-c4ccccc4)cc3)n2)CC1. The molecule has 3 aromatic rings. The molecular weight excluding hydrogens is 376 g/mol. The summed E-state index contributed by atoms with van der Waals surface area (Å²) in [5.41, 5.74) is 2.80. The minimum absolute atomic E-state index is 0.00267. The van der Waals surface area contributed by atoms with Crippen molar-refractivity contribution in [2.45, 2.75) is 20.1 Å². The molecule has 156 valence electrons. The van der Waals surface area contributed by atoms with Crippen LogP contribution in [0.2, 0.25) is 0 Å². The first-order valence-electron chi connectivity index (χ1n) is 10.6. The van der Waals surface area contributed by atoms with Gasteiger partial charge in [-0.05, 0) is 42.3 Å². The van der Waals surface area contributed by atoms with E-state index < -0.39 is 0 Å². The Balaban J connectivity index is 1.30. The van der Waals surface area contributed by atoms with Crippen LogP contribution in [0.3, 0.4) is 0 Å². The summed E-state index contributed by atoms with van der Waals surface area (Å²) >= 11 is 0. The maximum Gasteiger partial charge on any atom is 0.274 e. The van der Waals surface area contributed by atoms with Crippen LogP contribution in [0.15, 0.2) is 66.9 Å². The highest BCUT2D eigenvalue weighted by Gasteiger charge is 2.23. The number of rotatable bonds is 7. The molecule has 0 saturated carbocycles. The van der Waals surface area contributed by atoms with Crippen molar-refractivity contribution >= 4 is 5.91 Å². The van der Waals surface area contributed by atoms with Gasteiger partial charge in [-0.3, -0.25) is 9.69 Å². The average Bonchev–Trinajstić information content (AvgIpc) is 3.28. The summed E-state index contributed by atoms with van der Waals surface area (Å²) in [5.74, 6) is 0.766. The Morgan fingerprint density at radius 2 is 1.63 bits per heavy atom. The van der Waals surface area contributed by atoms with Gasteiger partial charge in [-0.25, -0.2) is 4.68 Å². The van der Waals surface area contributed by atoms with Crippen LogP contribution in [-0.4, -0.2) is 58.2 Å². The molecule has 6 nitrogen and oxygen atoms in total. The van der Waals surface area contributed by atoms with Crippen LogP contribution in [0.25, 0.3) is 11.1 Å². The molecule has 0 atom stereocenters. The summed E-state index contributed by atoms with van der Waals surface area (Å²) in [4.78, 5) is 17.0. The van der Waals surface area contributed by atoms with Crippen molar-refractivity contribution in [3.63, 3.8) is 0 Å². The minimum Gasteiger partial charge on any atom is -0.471 e. The summed E-state index contributed by atoms with van der Waals surface area (Å²) < 4.78 is 7.49. The highest BCUT2D eigenvalue weighted by Crippen LogP contribution is 2.22. The van der Waals surface area contributed by atoms with Crippen molar-refractivity contribution in [2.24, 2.45) is 0 Å². The van der Waals surface area contributed by atoms with Crippen molar-refractivity contribution in [2.75, 3.05) is 32.7 Å². The third-order valence-corrected chi connectivity index (χ3v) is 5.38. The summed E-state index contributed by atoms with van der Waals surface area (Å²) in [6.45, 7) is 6.93. The van der Waals surface area contributed by atoms with E-state index in [1.807, 2.05) is 47.4 Å². The number of benzene rings is 2. The molecule has 1 fully saturated rings. The van der Waals surface area contributed by atoms with Crippen LogP contribution in [-0.2, 0) is 6.73 Å². The van der Waals surface area contributed by atoms with Gasteiger partial charge >= 0.3 is 0 Å². The fraction of sp³-hybridized carbons (Fsp3) is 0.333. The van der Waals surface area contributed by atoms with Crippen LogP contribution >= 0.6 is 0 Å². The van der Waals surface area contributed by atoms with E-state index in [-0.39, 0.29) is 12.6 Å². The van der Waals surface area contributed by atoms with E-state index in [1.165, 1.54) is 5.56 Å². The van der Waals surface area contributed by atoms with Crippen molar-refractivity contribution in [3.8, 4) is 16.9 Å². The van der Waals surface area contributed by atoms with E-state index in [0.29, 0.717) is 5.69 Å². The van der Waals surface area contributed by atoms with Crippen LogP contribution in [0.5, 0.6) is 5.75 Å². The smallest absolute Gasteiger partial charge is 0.274 e. The van der Waals surface area contributed by atoms with Gasteiger partial charge in [-0.15, -0.1) is 0 Å². The Kier molecular flexibility index (Phi) is 6.44. The highest BCUT2D eigenvalue weighted by molar-refractivity contribution is 5.92. The fourth-order valence-corrected chi connectivity index (χ4v) is 3.72. The van der Waals surface area contributed by atoms with Gasteiger partial charge < -0.3 is 9.64 Å². The summed E-state index contributed by atoms with van der Waals surface area (Å²) in [5, 5.41) is 4.41. The van der Waals surface area contributed by atoms with Gasteiger partial charge in [-0.2, -0.15) is 5.10 Å². The number of aromatic nitrogens is 2. The van der Waals surface area contributed by atoms with Crippen LogP contribution in [0.4, 0.5) is 0 Å². The van der Waals surface area contributed by atoms with Gasteiger partial charge in [0, 0.05) is 32.4 Å². The topological polar surface area (TPSA) is 50.6 Å². The molecule has 1 aromatic heterocycles. The van der Waals surface area contributed by atoms with E-state index in [9.17, 15) is 4.79 Å². The van der Waals surface area contributed by atoms with Gasteiger partial charge in [-0.1, -0.05) is 49.4 Å². The van der Waals surface area contributed by atoms with E-state index in [1.54, 1.807) is 16.9 Å². The van der Waals surface area contributed by atoms with E-state index in [2.05, 4.69) is 29.1 Å². The van der Waals surface area contributed by atoms with E-state index in [0.717, 1.165) is 50.5 Å². The van der Waals surface area contributed by atoms with Crippen LogP contribution < -0.4 is 4.74 Å². The number of carbonyl (C=O) groups excluding carboxylic acids is 1. The number of amides is 1. The molecule has 4 rings (SSSR count). The molecule has 0 aliphatic carbocycles. The number of hydrogen-bond donors (Lipinski definition) is 0. The first kappa shape index (κ1) is 20.2. The van der Waals surface area contributed by atoms with Gasteiger partial charge in [0.25, 0.3) is 5.91 Å². The van der Waals surface area contributed by atoms with Crippen molar-refractivity contribution < 1.29 is 9.53 Å². The quantitative estimate of drug-likeness (QED) is 0.602. The van der Waals surface area contributed by atoms with Gasteiger partial charge in [0.1, 0.15) is 5.75 Å². The third kappa shape index (κ3) is 4.89. The second-order valence-corrected chi connectivity index (χ2v) is 7.54. The molecule has 0 N–H and O–H groups in total. The lowest BCUT2D eigenvalue weighted by molar-refractivity contribution is 0.0630. The highest BCUT2D eigenvalue weighted by atomic mass is 16.5. The molecule has 0 bridgehead atoms. The normalized spacial score (nSPS) is 14.6. The maximum atomic E-state index is 12.7. The van der Waals surface area contributed by atoms with Crippen LogP contribution in [0, 0.1) is 0 Å². The Morgan fingerprint density at radius 3 is 2.33 bits per heavy atom. The Morgan fingerprint density at radius 1 is 0.933 bits per heavy atom. The summed E-state index contributed by atoms with van der Waals surface area (Å²) in [6, 6.07) is 20.0. The van der Waals surface area contributed by atoms with Crippen LogP contribution in [0.1, 0.15) is 23.8 Å². The van der Waals surface area contributed by atoms with Crippen molar-refractivity contribution in [3.05, 3.63) is 72.6 Å². The summed E-state index contributed by atoms with van der Waals surface area (Å²) in [6.07, 6.45) is 2.94. The standard InChI is InChI=1S/C24H28N4O2/c1-2-13-26-15-17-27(18-16-26)24(29)23-12-14-28(25-23)19-30-22-10-8-21(9-11-22)20-6-4-3-5-7-20/h3-12,14H,2,13,15-19H2,1H3. The van der Waals surface area contributed by atoms with Crippen molar-refractivity contribution in [1.82, 2.24) is 19.6 Å². The van der Waals surface area contributed by atoms with Gasteiger partial charge in [0.05, 0.1) is 0 Å². The van der Waals surface area contributed by atoms with E-state index in [4.69, 9.17) is 4.74 Å². The van der Waals surface area contributed by atoms with Gasteiger partial charge in [0.15, 0.2) is 12.4 Å². The van der Waals surface area contributed by atoms with Crippen molar-refractivity contribution in [1.29, 1.82) is 0 Å². The monoisotopic (exact) mass is 404 g/mol. The third-order valence-electron chi connectivity index (χ3n) is 5.38. The molecule has 6 heteroatoms. The molecule has 0 spiro atoms. The molecule has 0 radical (unpaired) electrons. The Hall–Kier alpha value is -3.12. The lowest BCUT2D eigenvalue weighted by atomic mass is 10.1. The minimum atomic E-state index is -0.00267. The number of piperazine rings is 1. The zero-order valence-corrected chi connectivity index (χ0v) is 17.4. The molecule has 1 aliphatic rings. The molecular formula is C24H28N4O2. The lowest BCUT2D eigenvalue weighted by Crippen LogP contribution is -2.48. The predicted octanol–water partition coefficient (Wildman–Crippen LogP) is 3.75. The number of hydrogen-bond acceptors (Lipinski definition) is 4. The molecule has 1 amide bonds. The molecule has 2 heterocycles. The first-order chi connectivity index (χ1) is 14.7. The number of carbonyl (C=O) groups is 1. The Labute approximate surface area is 177 Å². The molecule has 1 aliphatic heterocycles. The predicted molar refractivity (Wildman–Crippen MR) is 117 cm³/mol. The zero-order valence-electron chi connectivity index (χ0n) is 17.4. The second-order valence-electron chi connectivity index (χ2n) is 7.54. The fourth-order valence-electron chi connectivity index (χ4n) is 3.72. The summed E-state index contributed by atoms with van der Waals surface area (Å²) in [7, 11) is 0. The zero-order chi connectivity index (χ0) is 20.8. The molecule has 1 saturated heterocycles.